The van der Waals surface area contributed by atoms with Crippen LogP contribution in [0, 0.1) is 5.82 Å². The SMILES string of the molecule is CCCCCc1cc2c(cc1F)C(CC)(CC)C(C)(CC)[n+]1ccc3ccccc3c1-2. The molecule has 3 aromatic rings. The van der Waals surface area contributed by atoms with Gasteiger partial charge in [0, 0.05) is 19.4 Å². The van der Waals surface area contributed by atoms with E-state index in [0.717, 1.165) is 50.5 Å². The van der Waals surface area contributed by atoms with E-state index < -0.39 is 0 Å². The monoisotopic (exact) mass is 418 g/mol. The van der Waals surface area contributed by atoms with Crippen molar-refractivity contribution < 1.29 is 8.96 Å². The molecule has 164 valence electrons. The zero-order chi connectivity index (χ0) is 22.2. The Morgan fingerprint density at radius 2 is 1.65 bits per heavy atom. The molecule has 1 nitrogen and oxygen atoms in total. The minimum Gasteiger partial charge on any atom is -0.207 e. The molecule has 2 heterocycles. The van der Waals surface area contributed by atoms with Gasteiger partial charge in [0.1, 0.15) is 5.82 Å². The number of unbranched alkanes of at least 4 members (excludes halogenated alkanes) is 2. The second-order valence-corrected chi connectivity index (χ2v) is 9.48. The molecule has 31 heavy (non-hydrogen) atoms. The van der Waals surface area contributed by atoms with Gasteiger partial charge in [-0.25, -0.2) is 4.39 Å². The number of hydrogen-bond acceptors (Lipinski definition) is 0. The summed E-state index contributed by atoms with van der Waals surface area (Å²) in [6, 6.07) is 15.0. The van der Waals surface area contributed by atoms with E-state index in [1.807, 2.05) is 6.07 Å². The number of pyridine rings is 1. The lowest BCUT2D eigenvalue weighted by Gasteiger charge is -2.48. The van der Waals surface area contributed by atoms with Gasteiger partial charge in [0.05, 0.1) is 16.4 Å². The molecule has 0 amide bonds. The maximum atomic E-state index is 15.5. The van der Waals surface area contributed by atoms with E-state index in [0.29, 0.717) is 0 Å². The van der Waals surface area contributed by atoms with E-state index in [9.17, 15) is 0 Å². The lowest BCUT2D eigenvalue weighted by Crippen LogP contribution is -2.68. The van der Waals surface area contributed by atoms with E-state index in [4.69, 9.17) is 0 Å². The molecule has 0 radical (unpaired) electrons. The third-order valence-corrected chi connectivity index (χ3v) is 8.33. The fourth-order valence-electron chi connectivity index (χ4n) is 6.29. The first-order valence-electron chi connectivity index (χ1n) is 12.2. The van der Waals surface area contributed by atoms with Crippen LogP contribution in [0.2, 0.25) is 0 Å². The quantitative estimate of drug-likeness (QED) is 0.271. The summed E-state index contributed by atoms with van der Waals surface area (Å²) in [5.74, 6) is -0.0201. The Morgan fingerprint density at radius 1 is 0.903 bits per heavy atom. The number of nitrogens with zero attached hydrogens (tertiary/aromatic N) is 1. The van der Waals surface area contributed by atoms with Gasteiger partial charge in [0.2, 0.25) is 5.69 Å². The lowest BCUT2D eigenvalue weighted by atomic mass is 9.58. The van der Waals surface area contributed by atoms with Crippen LogP contribution in [0.5, 0.6) is 0 Å². The molecule has 0 bridgehead atoms. The normalized spacial score (nSPS) is 19.3. The average molecular weight is 419 g/mol. The lowest BCUT2D eigenvalue weighted by molar-refractivity contribution is -0.765. The molecule has 0 fully saturated rings. The van der Waals surface area contributed by atoms with Gasteiger partial charge in [-0.3, -0.25) is 0 Å². The molecule has 0 saturated carbocycles. The van der Waals surface area contributed by atoms with Gasteiger partial charge in [0.15, 0.2) is 11.7 Å². The Labute approximate surface area is 187 Å². The fourth-order valence-corrected chi connectivity index (χ4v) is 6.29. The number of aryl methyl sites for hydroxylation is 1. The Hall–Kier alpha value is -2.22. The first-order valence-corrected chi connectivity index (χ1v) is 12.2. The topological polar surface area (TPSA) is 3.88 Å². The number of fused-ring (bicyclic) bond motifs is 5. The molecule has 1 aromatic heterocycles. The molecule has 2 heteroatoms. The largest absolute Gasteiger partial charge is 0.221 e. The zero-order valence-electron chi connectivity index (χ0n) is 19.9. The summed E-state index contributed by atoms with van der Waals surface area (Å²) in [6.07, 6.45) is 9.43. The van der Waals surface area contributed by atoms with Gasteiger partial charge in [-0.05, 0) is 60.4 Å². The van der Waals surface area contributed by atoms with Crippen molar-refractivity contribution in [2.45, 2.75) is 90.5 Å². The van der Waals surface area contributed by atoms with Crippen molar-refractivity contribution in [3.63, 3.8) is 0 Å². The number of rotatable bonds is 7. The molecule has 4 rings (SSSR count). The average Bonchev–Trinajstić information content (AvgIpc) is 2.80. The van der Waals surface area contributed by atoms with Crippen molar-refractivity contribution in [1.82, 2.24) is 0 Å². The summed E-state index contributed by atoms with van der Waals surface area (Å²) in [6.45, 7) is 11.4. The van der Waals surface area contributed by atoms with Crippen LogP contribution in [0.4, 0.5) is 4.39 Å². The second kappa shape index (κ2) is 8.37. The third-order valence-electron chi connectivity index (χ3n) is 8.33. The van der Waals surface area contributed by atoms with Gasteiger partial charge >= 0.3 is 0 Å². The van der Waals surface area contributed by atoms with Gasteiger partial charge in [-0.15, -0.1) is 0 Å². The van der Waals surface area contributed by atoms with E-state index >= 15 is 4.39 Å². The third kappa shape index (κ3) is 3.13. The summed E-state index contributed by atoms with van der Waals surface area (Å²) < 4.78 is 18.0. The highest BCUT2D eigenvalue weighted by Crippen LogP contribution is 2.53. The first kappa shape index (κ1) is 22.0. The number of halogens is 1. The smallest absolute Gasteiger partial charge is 0.207 e. The van der Waals surface area contributed by atoms with Crippen LogP contribution in [0.3, 0.4) is 0 Å². The van der Waals surface area contributed by atoms with Crippen molar-refractivity contribution in [2.75, 3.05) is 0 Å². The molecule has 0 aliphatic carbocycles. The van der Waals surface area contributed by atoms with Crippen LogP contribution in [0.25, 0.3) is 22.0 Å². The highest BCUT2D eigenvalue weighted by molar-refractivity contribution is 5.94. The van der Waals surface area contributed by atoms with Crippen LogP contribution in [-0.4, -0.2) is 0 Å². The van der Waals surface area contributed by atoms with Gasteiger partial charge < -0.3 is 0 Å². The fraction of sp³-hybridized carbons (Fsp3) is 0.483. The van der Waals surface area contributed by atoms with E-state index in [1.54, 1.807) is 0 Å². The van der Waals surface area contributed by atoms with Gasteiger partial charge in [0.25, 0.3) is 0 Å². The zero-order valence-corrected chi connectivity index (χ0v) is 19.9. The van der Waals surface area contributed by atoms with Crippen LogP contribution >= 0.6 is 0 Å². The molecule has 1 aliphatic heterocycles. The second-order valence-electron chi connectivity index (χ2n) is 9.48. The highest BCUT2D eigenvalue weighted by Gasteiger charge is 2.58. The Balaban J connectivity index is 2.09. The maximum absolute atomic E-state index is 15.5. The van der Waals surface area contributed by atoms with E-state index in [-0.39, 0.29) is 16.8 Å². The van der Waals surface area contributed by atoms with Crippen LogP contribution < -0.4 is 4.57 Å². The Bertz CT molecular complexity index is 1100. The minimum atomic E-state index is -0.112. The summed E-state index contributed by atoms with van der Waals surface area (Å²) in [4.78, 5) is 0. The molecule has 1 atom stereocenters. The highest BCUT2D eigenvalue weighted by atomic mass is 19.1. The van der Waals surface area contributed by atoms with Crippen molar-refractivity contribution in [3.05, 3.63) is 65.6 Å². The molecule has 0 N–H and O–H groups in total. The molecular weight excluding hydrogens is 381 g/mol. The molecule has 1 aliphatic rings. The van der Waals surface area contributed by atoms with E-state index in [2.05, 4.69) is 81.8 Å². The Kier molecular flexibility index (Phi) is 5.94. The van der Waals surface area contributed by atoms with Crippen LogP contribution in [-0.2, 0) is 17.4 Å². The van der Waals surface area contributed by atoms with Crippen LogP contribution in [0.15, 0.2) is 48.7 Å². The van der Waals surface area contributed by atoms with E-state index in [1.165, 1.54) is 27.6 Å². The predicted octanol–water partition coefficient (Wildman–Crippen LogP) is 7.86. The molecular formula is C29H37FN+. The molecule has 2 aromatic carbocycles. The summed E-state index contributed by atoms with van der Waals surface area (Å²) >= 11 is 0. The molecule has 0 spiro atoms. The van der Waals surface area contributed by atoms with Gasteiger partial charge in [-0.2, -0.15) is 4.57 Å². The molecule has 0 saturated heterocycles. The van der Waals surface area contributed by atoms with Crippen molar-refractivity contribution >= 4 is 10.8 Å². The van der Waals surface area contributed by atoms with Crippen molar-refractivity contribution in [3.8, 4) is 11.3 Å². The minimum absolute atomic E-state index is 0.0201. The predicted molar refractivity (Wildman–Crippen MR) is 129 cm³/mol. The number of aromatic nitrogens is 1. The summed E-state index contributed by atoms with van der Waals surface area (Å²) in [7, 11) is 0. The summed E-state index contributed by atoms with van der Waals surface area (Å²) in [5.41, 5.74) is 4.35. The number of hydrogen-bond donors (Lipinski definition) is 0. The standard InChI is InChI=1S/C29H37FN/c1-6-10-11-15-22-19-24-25(20-26(22)30)29(8-3,9-4)28(5,7-2)31-18-17-21-14-12-13-16-23(21)27(24)31/h12-14,16-20H,6-11,15H2,1-5H3/q+1. The van der Waals surface area contributed by atoms with Crippen molar-refractivity contribution in [2.24, 2.45) is 0 Å². The summed E-state index contributed by atoms with van der Waals surface area (Å²) in [5, 5.41) is 2.51. The first-order chi connectivity index (χ1) is 15.0. The Morgan fingerprint density at radius 3 is 2.32 bits per heavy atom. The molecule has 1 unspecified atom stereocenters. The van der Waals surface area contributed by atoms with Crippen molar-refractivity contribution in [1.29, 1.82) is 0 Å². The van der Waals surface area contributed by atoms with Crippen LogP contribution in [0.1, 0.15) is 84.3 Å². The van der Waals surface area contributed by atoms with Gasteiger partial charge in [-0.1, -0.05) is 58.7 Å². The number of benzene rings is 2. The maximum Gasteiger partial charge on any atom is 0.221 e.